The van der Waals surface area contributed by atoms with E-state index in [0.717, 1.165) is 0 Å². The molecule has 0 aliphatic heterocycles. The maximum absolute atomic E-state index is 13.2. The van der Waals surface area contributed by atoms with Crippen LogP contribution in [0.4, 0.5) is 15.9 Å². The molecule has 92 valence electrons. The van der Waals surface area contributed by atoms with Crippen molar-refractivity contribution in [1.29, 1.82) is 5.41 Å². The van der Waals surface area contributed by atoms with Gasteiger partial charge in [-0.25, -0.2) is 9.37 Å². The lowest BCUT2D eigenvalue weighted by atomic mass is 10.2. The van der Waals surface area contributed by atoms with Crippen LogP contribution in [0, 0.1) is 11.2 Å². The number of rotatable bonds is 3. The van der Waals surface area contributed by atoms with Gasteiger partial charge < -0.3 is 10.6 Å². The van der Waals surface area contributed by atoms with Gasteiger partial charge in [0, 0.05) is 18.9 Å². The molecule has 0 fully saturated rings. The number of nitrogens with zero attached hydrogens (tertiary/aromatic N) is 2. The summed E-state index contributed by atoms with van der Waals surface area (Å²) in [6.45, 7) is 0. The van der Waals surface area contributed by atoms with E-state index in [1.54, 1.807) is 42.4 Å². The van der Waals surface area contributed by atoms with E-state index in [1.165, 1.54) is 12.1 Å². The van der Waals surface area contributed by atoms with Gasteiger partial charge in [0.25, 0.3) is 0 Å². The fourth-order valence-electron chi connectivity index (χ4n) is 1.68. The van der Waals surface area contributed by atoms with Crippen LogP contribution in [-0.4, -0.2) is 17.9 Å². The summed E-state index contributed by atoms with van der Waals surface area (Å²) < 4.78 is 13.2. The van der Waals surface area contributed by atoms with E-state index >= 15 is 0 Å². The number of anilines is 2. The molecule has 3 N–H and O–H groups in total. The summed E-state index contributed by atoms with van der Waals surface area (Å²) in [6, 6.07) is 9.58. The lowest BCUT2D eigenvalue weighted by Gasteiger charge is -2.20. The Kier molecular flexibility index (Phi) is 3.23. The largest absolute Gasteiger partial charge is 0.384 e. The van der Waals surface area contributed by atoms with Crippen LogP contribution in [0.25, 0.3) is 0 Å². The third kappa shape index (κ3) is 2.29. The minimum absolute atomic E-state index is 0.0682. The fourth-order valence-corrected chi connectivity index (χ4v) is 1.68. The molecule has 2 aromatic rings. The number of pyridine rings is 1. The van der Waals surface area contributed by atoms with E-state index in [2.05, 4.69) is 4.98 Å². The Labute approximate surface area is 104 Å². The summed E-state index contributed by atoms with van der Waals surface area (Å²) in [7, 11) is 1.75. The van der Waals surface area contributed by atoms with Gasteiger partial charge in [-0.05, 0) is 30.3 Å². The summed E-state index contributed by atoms with van der Waals surface area (Å²) in [5.74, 6) is 0.136. The monoisotopic (exact) mass is 244 g/mol. The molecular weight excluding hydrogens is 231 g/mol. The van der Waals surface area contributed by atoms with E-state index in [-0.39, 0.29) is 11.7 Å². The number of benzene rings is 1. The molecule has 1 heterocycles. The molecule has 0 amide bonds. The normalized spacial score (nSPS) is 10.1. The Morgan fingerprint density at radius 3 is 2.78 bits per heavy atom. The van der Waals surface area contributed by atoms with Crippen molar-refractivity contribution in [3.8, 4) is 0 Å². The molecule has 0 aliphatic carbocycles. The number of halogens is 1. The second kappa shape index (κ2) is 4.83. The first kappa shape index (κ1) is 12.0. The molecule has 5 heteroatoms. The van der Waals surface area contributed by atoms with Crippen LogP contribution < -0.4 is 10.6 Å². The van der Waals surface area contributed by atoms with Crippen molar-refractivity contribution in [3.05, 3.63) is 54.0 Å². The highest BCUT2D eigenvalue weighted by Gasteiger charge is 2.12. The zero-order valence-electron chi connectivity index (χ0n) is 9.89. The first-order chi connectivity index (χ1) is 8.59. The summed E-state index contributed by atoms with van der Waals surface area (Å²) in [4.78, 5) is 5.88. The molecule has 1 aromatic heterocycles. The maximum atomic E-state index is 13.2. The van der Waals surface area contributed by atoms with Gasteiger partial charge in [0.2, 0.25) is 0 Å². The van der Waals surface area contributed by atoms with Gasteiger partial charge in [-0.1, -0.05) is 6.07 Å². The van der Waals surface area contributed by atoms with Crippen LogP contribution in [0.2, 0.25) is 0 Å². The Morgan fingerprint density at radius 1 is 1.33 bits per heavy atom. The van der Waals surface area contributed by atoms with Crippen LogP contribution in [0.15, 0.2) is 42.6 Å². The SMILES string of the molecule is CN(c1cccc(F)c1)c1ncccc1C(=N)N. The standard InChI is InChI=1S/C13H13FN4/c1-18(10-5-2-4-9(14)8-10)13-11(12(15)16)6-3-7-17-13/h2-8H,1H3,(H3,15,16). The van der Waals surface area contributed by atoms with Gasteiger partial charge in [-0.15, -0.1) is 0 Å². The number of hydrogen-bond donors (Lipinski definition) is 2. The predicted octanol–water partition coefficient (Wildman–Crippen LogP) is 2.27. The van der Waals surface area contributed by atoms with Crippen molar-refractivity contribution < 1.29 is 4.39 Å². The molecular formula is C13H13FN4. The molecule has 1 aromatic carbocycles. The van der Waals surface area contributed by atoms with Gasteiger partial charge in [0.1, 0.15) is 17.5 Å². The highest BCUT2D eigenvalue weighted by atomic mass is 19.1. The zero-order valence-corrected chi connectivity index (χ0v) is 9.89. The molecule has 0 saturated heterocycles. The van der Waals surface area contributed by atoms with Gasteiger partial charge in [-0.2, -0.15) is 0 Å². The molecule has 0 atom stereocenters. The van der Waals surface area contributed by atoms with Crippen LogP contribution in [0.5, 0.6) is 0 Å². The summed E-state index contributed by atoms with van der Waals surface area (Å²) >= 11 is 0. The van der Waals surface area contributed by atoms with Gasteiger partial charge >= 0.3 is 0 Å². The third-order valence-electron chi connectivity index (χ3n) is 2.59. The highest BCUT2D eigenvalue weighted by molar-refractivity contribution is 6.00. The van der Waals surface area contributed by atoms with Crippen molar-refractivity contribution in [2.75, 3.05) is 11.9 Å². The Morgan fingerprint density at radius 2 is 2.11 bits per heavy atom. The van der Waals surface area contributed by atoms with Gasteiger partial charge in [0.15, 0.2) is 0 Å². The Hall–Kier alpha value is -2.43. The van der Waals surface area contributed by atoms with E-state index in [0.29, 0.717) is 17.1 Å². The number of nitrogens with one attached hydrogen (secondary N) is 1. The average molecular weight is 244 g/mol. The summed E-state index contributed by atoms with van der Waals surface area (Å²) in [6.07, 6.45) is 1.61. The molecule has 0 spiro atoms. The maximum Gasteiger partial charge on any atom is 0.143 e. The third-order valence-corrected chi connectivity index (χ3v) is 2.59. The zero-order chi connectivity index (χ0) is 13.1. The topological polar surface area (TPSA) is 66.0 Å². The first-order valence-electron chi connectivity index (χ1n) is 5.38. The smallest absolute Gasteiger partial charge is 0.143 e. The number of amidine groups is 1. The Bertz CT molecular complexity index is 583. The van der Waals surface area contributed by atoms with Crippen molar-refractivity contribution in [1.82, 2.24) is 4.98 Å². The minimum atomic E-state index is -0.320. The van der Waals surface area contributed by atoms with E-state index < -0.39 is 0 Å². The quantitative estimate of drug-likeness (QED) is 0.643. The summed E-state index contributed by atoms with van der Waals surface area (Å²) in [5.41, 5.74) is 6.67. The van der Waals surface area contributed by atoms with Crippen molar-refractivity contribution in [2.45, 2.75) is 0 Å². The van der Waals surface area contributed by atoms with Crippen molar-refractivity contribution in [2.24, 2.45) is 5.73 Å². The van der Waals surface area contributed by atoms with E-state index in [9.17, 15) is 4.39 Å². The average Bonchev–Trinajstić information content (AvgIpc) is 2.38. The number of nitrogens with two attached hydrogens (primary N) is 1. The number of hydrogen-bond acceptors (Lipinski definition) is 3. The molecule has 2 rings (SSSR count). The summed E-state index contributed by atoms with van der Waals surface area (Å²) in [5, 5.41) is 7.51. The number of nitrogen functional groups attached to an aromatic ring is 1. The second-order valence-electron chi connectivity index (χ2n) is 3.83. The molecule has 0 aliphatic rings. The van der Waals surface area contributed by atoms with Crippen LogP contribution >= 0.6 is 0 Å². The lowest BCUT2D eigenvalue weighted by Crippen LogP contribution is -2.19. The fraction of sp³-hybridized carbons (Fsp3) is 0.0769. The predicted molar refractivity (Wildman–Crippen MR) is 69.7 cm³/mol. The lowest BCUT2D eigenvalue weighted by molar-refractivity contribution is 0.628. The molecule has 4 nitrogen and oxygen atoms in total. The molecule has 18 heavy (non-hydrogen) atoms. The second-order valence-corrected chi connectivity index (χ2v) is 3.83. The molecule has 0 bridgehead atoms. The van der Waals surface area contributed by atoms with Crippen LogP contribution in [0.1, 0.15) is 5.56 Å². The van der Waals surface area contributed by atoms with E-state index in [1.807, 2.05) is 0 Å². The molecule has 0 saturated carbocycles. The van der Waals surface area contributed by atoms with Gasteiger partial charge in [-0.3, -0.25) is 5.41 Å². The molecule has 0 radical (unpaired) electrons. The van der Waals surface area contributed by atoms with Gasteiger partial charge in [0.05, 0.1) is 5.56 Å². The Balaban J connectivity index is 2.46. The van der Waals surface area contributed by atoms with Crippen LogP contribution in [0.3, 0.4) is 0 Å². The van der Waals surface area contributed by atoms with E-state index in [4.69, 9.17) is 11.1 Å². The van der Waals surface area contributed by atoms with Crippen molar-refractivity contribution >= 4 is 17.3 Å². The first-order valence-corrected chi connectivity index (χ1v) is 5.38. The van der Waals surface area contributed by atoms with Crippen molar-refractivity contribution in [3.63, 3.8) is 0 Å². The number of aromatic nitrogens is 1. The minimum Gasteiger partial charge on any atom is -0.384 e. The molecule has 0 unspecified atom stereocenters. The highest BCUT2D eigenvalue weighted by Crippen LogP contribution is 2.24. The van der Waals surface area contributed by atoms with Crippen LogP contribution in [-0.2, 0) is 0 Å².